The van der Waals surface area contributed by atoms with Crippen molar-refractivity contribution in [2.45, 2.75) is 13.0 Å². The second-order valence-corrected chi connectivity index (χ2v) is 6.26. The Balaban J connectivity index is 1.35. The highest BCUT2D eigenvalue weighted by Crippen LogP contribution is 2.35. The summed E-state index contributed by atoms with van der Waals surface area (Å²) in [6, 6.07) is 12.9. The van der Waals surface area contributed by atoms with Crippen LogP contribution in [0.25, 0.3) is 11.4 Å². The van der Waals surface area contributed by atoms with E-state index in [1.165, 1.54) is 0 Å². The molecule has 3 aromatic rings. The van der Waals surface area contributed by atoms with Crippen molar-refractivity contribution in [3.05, 3.63) is 53.9 Å². The summed E-state index contributed by atoms with van der Waals surface area (Å²) in [5, 5.41) is 15.2. The molecule has 2 N–H and O–H groups in total. The maximum absolute atomic E-state index is 11.9. The molecule has 4 rings (SSSR count). The number of carbonyl (C=O) groups excluding carboxylic acids is 1. The van der Waals surface area contributed by atoms with Gasteiger partial charge >= 0.3 is 11.8 Å². The Morgan fingerprint density at radius 3 is 2.79 bits per heavy atom. The maximum atomic E-state index is 11.9. The fourth-order valence-electron chi connectivity index (χ4n) is 2.67. The van der Waals surface area contributed by atoms with Crippen LogP contribution in [0.2, 0.25) is 0 Å². The molecule has 0 spiro atoms. The maximum Gasteiger partial charge on any atom is 0.316 e. The SMILES string of the molecule is O=C(NCCCO)c1nc(-c2ccc(COc3ccc4c(c3)OCO4)cc2)no1. The number of fused-ring (bicyclic) bond motifs is 1. The van der Waals surface area contributed by atoms with E-state index in [-0.39, 0.29) is 19.3 Å². The van der Waals surface area contributed by atoms with Crippen molar-refractivity contribution in [1.82, 2.24) is 15.5 Å². The number of ether oxygens (including phenoxy) is 3. The quantitative estimate of drug-likeness (QED) is 0.556. The monoisotopic (exact) mass is 397 g/mol. The highest BCUT2D eigenvalue weighted by atomic mass is 16.7. The van der Waals surface area contributed by atoms with Gasteiger partial charge in [0, 0.05) is 24.8 Å². The molecule has 1 amide bonds. The minimum absolute atomic E-state index is 0.0000909. The first kappa shape index (κ1) is 18.8. The number of rotatable bonds is 8. The highest BCUT2D eigenvalue weighted by molar-refractivity contribution is 5.89. The summed E-state index contributed by atoms with van der Waals surface area (Å²) in [4.78, 5) is 16.0. The molecule has 0 radical (unpaired) electrons. The molecule has 0 saturated carbocycles. The molecule has 0 bridgehead atoms. The van der Waals surface area contributed by atoms with Gasteiger partial charge in [0.1, 0.15) is 12.4 Å². The molecule has 2 aromatic carbocycles. The molecule has 9 nitrogen and oxygen atoms in total. The zero-order valence-electron chi connectivity index (χ0n) is 15.5. The van der Waals surface area contributed by atoms with Gasteiger partial charge in [-0.15, -0.1) is 0 Å². The normalized spacial score (nSPS) is 12.0. The van der Waals surface area contributed by atoms with Crippen molar-refractivity contribution >= 4 is 5.91 Å². The van der Waals surface area contributed by atoms with E-state index >= 15 is 0 Å². The van der Waals surface area contributed by atoms with E-state index in [0.29, 0.717) is 42.6 Å². The average Bonchev–Trinajstić information content (AvgIpc) is 3.42. The number of nitrogens with zero attached hydrogens (tertiary/aromatic N) is 2. The summed E-state index contributed by atoms with van der Waals surface area (Å²) in [5.74, 6) is 1.81. The van der Waals surface area contributed by atoms with E-state index in [1.807, 2.05) is 36.4 Å². The molecule has 29 heavy (non-hydrogen) atoms. The van der Waals surface area contributed by atoms with Crippen LogP contribution >= 0.6 is 0 Å². The first-order valence-corrected chi connectivity index (χ1v) is 9.07. The lowest BCUT2D eigenvalue weighted by atomic mass is 10.1. The predicted molar refractivity (Wildman–Crippen MR) is 101 cm³/mol. The summed E-state index contributed by atoms with van der Waals surface area (Å²) in [5.41, 5.74) is 1.67. The number of hydrogen-bond donors (Lipinski definition) is 2. The van der Waals surface area contributed by atoms with Gasteiger partial charge in [-0.3, -0.25) is 4.79 Å². The second kappa shape index (κ2) is 8.61. The Labute approximate surface area is 166 Å². The highest BCUT2D eigenvalue weighted by Gasteiger charge is 2.16. The smallest absolute Gasteiger partial charge is 0.316 e. The molecule has 2 heterocycles. The summed E-state index contributed by atoms with van der Waals surface area (Å²) < 4.78 is 21.4. The fraction of sp³-hybridized carbons (Fsp3) is 0.250. The lowest BCUT2D eigenvalue weighted by molar-refractivity contribution is 0.0907. The average molecular weight is 397 g/mol. The van der Waals surface area contributed by atoms with Gasteiger partial charge in [0.2, 0.25) is 12.6 Å². The van der Waals surface area contributed by atoms with Crippen molar-refractivity contribution in [3.8, 4) is 28.6 Å². The summed E-state index contributed by atoms with van der Waals surface area (Å²) >= 11 is 0. The first-order chi connectivity index (χ1) is 14.2. The Bertz CT molecular complexity index is 986. The van der Waals surface area contributed by atoms with E-state index in [9.17, 15) is 4.79 Å². The van der Waals surface area contributed by atoms with Crippen LogP contribution in [0, 0.1) is 0 Å². The predicted octanol–water partition coefficient (Wildman–Crippen LogP) is 2.16. The van der Waals surface area contributed by atoms with Crippen LogP contribution in [-0.4, -0.2) is 41.1 Å². The third kappa shape index (κ3) is 4.46. The van der Waals surface area contributed by atoms with Crippen LogP contribution in [0.3, 0.4) is 0 Å². The Kier molecular flexibility index (Phi) is 5.57. The molecule has 1 aliphatic heterocycles. The summed E-state index contributed by atoms with van der Waals surface area (Å²) in [6.07, 6.45) is 0.461. The molecule has 150 valence electrons. The number of carbonyl (C=O) groups is 1. The van der Waals surface area contributed by atoms with Crippen LogP contribution in [0.1, 0.15) is 22.7 Å². The number of aromatic nitrogens is 2. The van der Waals surface area contributed by atoms with E-state index in [1.54, 1.807) is 6.07 Å². The number of amides is 1. The first-order valence-electron chi connectivity index (χ1n) is 9.07. The summed E-state index contributed by atoms with van der Waals surface area (Å²) in [6.45, 7) is 0.943. The third-order valence-electron chi connectivity index (χ3n) is 4.20. The van der Waals surface area contributed by atoms with E-state index in [0.717, 1.165) is 11.1 Å². The zero-order valence-corrected chi connectivity index (χ0v) is 15.5. The number of aliphatic hydroxyl groups excluding tert-OH is 1. The molecular weight excluding hydrogens is 378 g/mol. The van der Waals surface area contributed by atoms with Crippen LogP contribution < -0.4 is 19.5 Å². The largest absolute Gasteiger partial charge is 0.489 e. The minimum atomic E-state index is -0.467. The number of aliphatic hydroxyl groups is 1. The topological polar surface area (TPSA) is 116 Å². The van der Waals surface area contributed by atoms with Gasteiger partial charge in [0.25, 0.3) is 0 Å². The van der Waals surface area contributed by atoms with Crippen molar-refractivity contribution in [1.29, 1.82) is 0 Å². The Hall–Kier alpha value is -3.59. The van der Waals surface area contributed by atoms with E-state index in [2.05, 4.69) is 15.5 Å². The fourth-order valence-corrected chi connectivity index (χ4v) is 2.67. The molecule has 0 unspecified atom stereocenters. The Morgan fingerprint density at radius 2 is 1.97 bits per heavy atom. The van der Waals surface area contributed by atoms with Crippen LogP contribution in [0.5, 0.6) is 17.2 Å². The molecule has 0 saturated heterocycles. The standard InChI is InChI=1S/C20H19N3O6/c24-9-1-8-21-19(25)20-22-18(23-29-20)14-4-2-13(3-5-14)11-26-15-6-7-16-17(10-15)28-12-27-16/h2-7,10,24H,1,8-9,11-12H2,(H,21,25). The number of hydrogen-bond acceptors (Lipinski definition) is 8. The van der Waals surface area contributed by atoms with Crippen LogP contribution in [-0.2, 0) is 6.61 Å². The molecule has 1 aromatic heterocycles. The third-order valence-corrected chi connectivity index (χ3v) is 4.20. The van der Waals surface area contributed by atoms with Gasteiger partial charge in [-0.25, -0.2) is 0 Å². The molecule has 0 aliphatic carbocycles. The minimum Gasteiger partial charge on any atom is -0.489 e. The number of benzene rings is 2. The van der Waals surface area contributed by atoms with Gasteiger partial charge < -0.3 is 29.2 Å². The lowest BCUT2D eigenvalue weighted by Gasteiger charge is -2.07. The van der Waals surface area contributed by atoms with Gasteiger partial charge in [-0.1, -0.05) is 29.4 Å². The van der Waals surface area contributed by atoms with Gasteiger partial charge in [-0.2, -0.15) is 4.98 Å². The lowest BCUT2D eigenvalue weighted by Crippen LogP contribution is -2.25. The van der Waals surface area contributed by atoms with Crippen molar-refractivity contribution in [2.24, 2.45) is 0 Å². The zero-order chi connectivity index (χ0) is 20.1. The van der Waals surface area contributed by atoms with E-state index in [4.69, 9.17) is 23.8 Å². The number of nitrogens with one attached hydrogen (secondary N) is 1. The molecular formula is C20H19N3O6. The molecule has 1 aliphatic rings. The van der Waals surface area contributed by atoms with Crippen molar-refractivity contribution in [3.63, 3.8) is 0 Å². The second-order valence-electron chi connectivity index (χ2n) is 6.26. The van der Waals surface area contributed by atoms with Gasteiger partial charge in [0.15, 0.2) is 11.5 Å². The molecule has 0 fully saturated rings. The summed E-state index contributed by atoms with van der Waals surface area (Å²) in [7, 11) is 0. The van der Waals surface area contributed by atoms with E-state index < -0.39 is 5.91 Å². The van der Waals surface area contributed by atoms with Crippen LogP contribution in [0.4, 0.5) is 0 Å². The van der Waals surface area contributed by atoms with Crippen LogP contribution in [0.15, 0.2) is 47.0 Å². The molecule has 0 atom stereocenters. The van der Waals surface area contributed by atoms with Crippen molar-refractivity contribution in [2.75, 3.05) is 19.9 Å². The van der Waals surface area contributed by atoms with Gasteiger partial charge in [0.05, 0.1) is 0 Å². The molecule has 9 heteroatoms. The Morgan fingerprint density at radius 1 is 1.14 bits per heavy atom. The van der Waals surface area contributed by atoms with Crippen molar-refractivity contribution < 1.29 is 28.6 Å². The van der Waals surface area contributed by atoms with Gasteiger partial charge in [-0.05, 0) is 24.1 Å².